The molecule has 58 valence electrons. The van der Waals surface area contributed by atoms with Gasteiger partial charge in [-0.1, -0.05) is 0 Å². The van der Waals surface area contributed by atoms with Crippen LogP contribution in [-0.2, 0) is 9.47 Å². The minimum absolute atomic E-state index is 0.709. The summed E-state index contributed by atoms with van der Waals surface area (Å²) in [5.74, 6) is 3.48. The average Bonchev–Trinajstić information content (AvgIpc) is 2.77. The highest BCUT2D eigenvalue weighted by atomic mass is 16.6. The third-order valence-electron chi connectivity index (χ3n) is 2.46. The third-order valence-corrected chi connectivity index (χ3v) is 2.46. The molecule has 0 radical (unpaired) electrons. The Balaban J connectivity index is 1.96. The fraction of sp³-hybridized carbons (Fsp3) is 0.556. The standard InChI is InChI=1S/C9H10O2/c1-2-11-9-5-7-3-6(7)4-8(9)10-1/h4-7H,1-3H2. The van der Waals surface area contributed by atoms with Crippen molar-refractivity contribution in [2.75, 3.05) is 13.2 Å². The Hall–Kier alpha value is -0.920. The van der Waals surface area contributed by atoms with E-state index in [-0.39, 0.29) is 0 Å². The van der Waals surface area contributed by atoms with E-state index in [1.165, 1.54) is 6.42 Å². The van der Waals surface area contributed by atoms with Gasteiger partial charge in [-0.3, -0.25) is 0 Å². The molecule has 0 aromatic rings. The summed E-state index contributed by atoms with van der Waals surface area (Å²) in [4.78, 5) is 0. The summed E-state index contributed by atoms with van der Waals surface area (Å²) in [7, 11) is 0. The van der Waals surface area contributed by atoms with Gasteiger partial charge in [-0.2, -0.15) is 0 Å². The van der Waals surface area contributed by atoms with E-state index in [4.69, 9.17) is 9.47 Å². The van der Waals surface area contributed by atoms with Gasteiger partial charge in [0, 0.05) is 0 Å². The summed E-state index contributed by atoms with van der Waals surface area (Å²) in [6.45, 7) is 1.42. The molecule has 0 bridgehead atoms. The maximum Gasteiger partial charge on any atom is 0.157 e. The predicted molar refractivity (Wildman–Crippen MR) is 39.7 cm³/mol. The number of hydrogen-bond acceptors (Lipinski definition) is 2. The molecule has 3 aliphatic rings. The average molecular weight is 150 g/mol. The normalized spacial score (nSPS) is 38.5. The second-order valence-corrected chi connectivity index (χ2v) is 3.32. The molecule has 2 nitrogen and oxygen atoms in total. The second kappa shape index (κ2) is 1.81. The quantitative estimate of drug-likeness (QED) is 0.520. The Morgan fingerprint density at radius 3 is 2.09 bits per heavy atom. The van der Waals surface area contributed by atoms with E-state index in [0.29, 0.717) is 13.2 Å². The Kier molecular flexibility index (Phi) is 0.939. The Morgan fingerprint density at radius 1 is 1.00 bits per heavy atom. The maximum atomic E-state index is 5.45. The molecular formula is C9H10O2. The molecule has 3 rings (SSSR count). The first kappa shape index (κ1) is 5.70. The molecular weight excluding hydrogens is 140 g/mol. The summed E-state index contributed by atoms with van der Waals surface area (Å²) in [5, 5.41) is 0. The first-order chi connectivity index (χ1) is 5.43. The molecule has 2 heteroatoms. The lowest BCUT2D eigenvalue weighted by atomic mass is 10.1. The number of allylic oxidation sites excluding steroid dienone is 2. The van der Waals surface area contributed by atoms with E-state index < -0.39 is 0 Å². The molecule has 1 saturated heterocycles. The van der Waals surface area contributed by atoms with Crippen LogP contribution >= 0.6 is 0 Å². The Labute approximate surface area is 65.5 Å². The molecule has 2 atom stereocenters. The molecule has 0 N–H and O–H groups in total. The van der Waals surface area contributed by atoms with E-state index in [1.54, 1.807) is 0 Å². The van der Waals surface area contributed by atoms with Crippen LogP contribution in [0.4, 0.5) is 0 Å². The van der Waals surface area contributed by atoms with E-state index in [2.05, 4.69) is 12.2 Å². The highest BCUT2D eigenvalue weighted by molar-refractivity contribution is 5.32. The van der Waals surface area contributed by atoms with Crippen molar-refractivity contribution in [1.82, 2.24) is 0 Å². The zero-order valence-electron chi connectivity index (χ0n) is 6.25. The van der Waals surface area contributed by atoms with Crippen LogP contribution in [0.25, 0.3) is 0 Å². The van der Waals surface area contributed by atoms with Gasteiger partial charge in [0.1, 0.15) is 13.2 Å². The second-order valence-electron chi connectivity index (χ2n) is 3.32. The maximum absolute atomic E-state index is 5.45. The van der Waals surface area contributed by atoms with Crippen molar-refractivity contribution in [2.24, 2.45) is 11.8 Å². The number of fused-ring (bicyclic) bond motifs is 2. The van der Waals surface area contributed by atoms with Crippen LogP contribution in [0.5, 0.6) is 0 Å². The Morgan fingerprint density at radius 2 is 1.55 bits per heavy atom. The van der Waals surface area contributed by atoms with E-state index in [0.717, 1.165) is 23.4 Å². The summed E-state index contributed by atoms with van der Waals surface area (Å²) in [6.07, 6.45) is 5.71. The number of ether oxygens (including phenoxy) is 2. The van der Waals surface area contributed by atoms with Gasteiger partial charge in [0.25, 0.3) is 0 Å². The topological polar surface area (TPSA) is 18.5 Å². The van der Waals surface area contributed by atoms with Crippen molar-refractivity contribution in [3.63, 3.8) is 0 Å². The number of rotatable bonds is 0. The molecule has 0 spiro atoms. The zero-order valence-corrected chi connectivity index (χ0v) is 6.25. The van der Waals surface area contributed by atoms with Gasteiger partial charge >= 0.3 is 0 Å². The van der Waals surface area contributed by atoms with Gasteiger partial charge in [-0.05, 0) is 30.4 Å². The lowest BCUT2D eigenvalue weighted by molar-refractivity contribution is 0.0567. The first-order valence-electron chi connectivity index (χ1n) is 4.13. The molecule has 1 aliphatic heterocycles. The van der Waals surface area contributed by atoms with Crippen LogP contribution in [0.1, 0.15) is 6.42 Å². The van der Waals surface area contributed by atoms with Crippen LogP contribution in [0, 0.1) is 11.8 Å². The molecule has 0 aromatic carbocycles. The molecule has 0 amide bonds. The summed E-state index contributed by atoms with van der Waals surface area (Å²) in [5.41, 5.74) is 0. The van der Waals surface area contributed by atoms with Crippen molar-refractivity contribution in [3.05, 3.63) is 23.7 Å². The summed E-state index contributed by atoms with van der Waals surface area (Å²) < 4.78 is 10.9. The monoisotopic (exact) mass is 150 g/mol. The minimum Gasteiger partial charge on any atom is -0.486 e. The minimum atomic E-state index is 0.709. The molecule has 11 heavy (non-hydrogen) atoms. The Bertz CT molecular complexity index is 226. The zero-order chi connectivity index (χ0) is 7.26. The molecule has 2 fully saturated rings. The van der Waals surface area contributed by atoms with Gasteiger partial charge in [-0.15, -0.1) is 0 Å². The van der Waals surface area contributed by atoms with Crippen molar-refractivity contribution in [1.29, 1.82) is 0 Å². The summed E-state index contributed by atoms with van der Waals surface area (Å²) in [6, 6.07) is 0. The van der Waals surface area contributed by atoms with Crippen molar-refractivity contribution in [3.8, 4) is 0 Å². The van der Waals surface area contributed by atoms with Gasteiger partial charge in [0.05, 0.1) is 0 Å². The van der Waals surface area contributed by atoms with Crippen molar-refractivity contribution >= 4 is 0 Å². The lowest BCUT2D eigenvalue weighted by Crippen LogP contribution is -2.15. The van der Waals surface area contributed by atoms with E-state index in [9.17, 15) is 0 Å². The fourth-order valence-electron chi connectivity index (χ4n) is 1.71. The van der Waals surface area contributed by atoms with Crippen LogP contribution in [-0.4, -0.2) is 13.2 Å². The smallest absolute Gasteiger partial charge is 0.157 e. The van der Waals surface area contributed by atoms with Crippen molar-refractivity contribution < 1.29 is 9.47 Å². The highest BCUT2D eigenvalue weighted by Gasteiger charge is 2.39. The third kappa shape index (κ3) is 0.785. The largest absolute Gasteiger partial charge is 0.486 e. The molecule has 2 unspecified atom stereocenters. The lowest BCUT2D eigenvalue weighted by Gasteiger charge is -2.22. The van der Waals surface area contributed by atoms with Crippen LogP contribution in [0.3, 0.4) is 0 Å². The molecule has 0 aromatic heterocycles. The van der Waals surface area contributed by atoms with Crippen LogP contribution in [0.2, 0.25) is 0 Å². The fourth-order valence-corrected chi connectivity index (χ4v) is 1.71. The van der Waals surface area contributed by atoms with E-state index in [1.807, 2.05) is 0 Å². The van der Waals surface area contributed by atoms with E-state index >= 15 is 0 Å². The van der Waals surface area contributed by atoms with Crippen molar-refractivity contribution in [2.45, 2.75) is 6.42 Å². The first-order valence-corrected chi connectivity index (χ1v) is 4.13. The number of hydrogen-bond donors (Lipinski definition) is 0. The van der Waals surface area contributed by atoms with Gasteiger partial charge in [0.2, 0.25) is 0 Å². The van der Waals surface area contributed by atoms with Crippen LogP contribution in [0.15, 0.2) is 23.7 Å². The van der Waals surface area contributed by atoms with Crippen LogP contribution < -0.4 is 0 Å². The molecule has 2 aliphatic carbocycles. The SMILES string of the molecule is C1=C2OCCOC2=CC2CC12. The van der Waals surface area contributed by atoms with Gasteiger partial charge < -0.3 is 9.47 Å². The molecule has 1 saturated carbocycles. The predicted octanol–water partition coefficient (Wildman–Crippen LogP) is 1.45. The summed E-state index contributed by atoms with van der Waals surface area (Å²) >= 11 is 0. The van der Waals surface area contributed by atoms with Gasteiger partial charge in [-0.25, -0.2) is 0 Å². The molecule has 1 heterocycles. The highest BCUT2D eigenvalue weighted by Crippen LogP contribution is 2.47. The van der Waals surface area contributed by atoms with Gasteiger partial charge in [0.15, 0.2) is 11.5 Å².